The molecular weight excluding hydrogens is 416 g/mol. The number of carbonyl (C=O) groups is 1. The van der Waals surface area contributed by atoms with E-state index in [2.05, 4.69) is 88.4 Å². The molecule has 1 saturated heterocycles. The van der Waals surface area contributed by atoms with Gasteiger partial charge in [-0.25, -0.2) is 0 Å². The number of aldehydes is 1. The molecule has 174 valence electrons. The first-order valence-electron chi connectivity index (χ1n) is 11.7. The number of rotatable bonds is 9. The molecule has 1 aliphatic rings. The Kier molecular flexibility index (Phi) is 7.76. The minimum Gasteiger partial charge on any atom is -0.405 e. The van der Waals surface area contributed by atoms with Gasteiger partial charge in [0.05, 0.1) is 6.10 Å². The van der Waals surface area contributed by atoms with E-state index in [9.17, 15) is 4.79 Å². The molecule has 0 radical (unpaired) electrons. The maximum atomic E-state index is 11.4. The smallest absolute Gasteiger partial charge is 0.261 e. The maximum absolute atomic E-state index is 11.4. The summed E-state index contributed by atoms with van der Waals surface area (Å²) in [6.07, 6.45) is 2.85. The van der Waals surface area contributed by atoms with Crippen molar-refractivity contribution in [3.8, 4) is 0 Å². The predicted octanol–water partition coefficient (Wildman–Crippen LogP) is 4.84. The van der Waals surface area contributed by atoms with Gasteiger partial charge in [0.2, 0.25) is 0 Å². The van der Waals surface area contributed by atoms with E-state index in [1.165, 1.54) is 10.4 Å². The van der Waals surface area contributed by atoms with Crippen LogP contribution in [0.2, 0.25) is 5.04 Å². The van der Waals surface area contributed by atoms with Crippen LogP contribution in [0.5, 0.6) is 0 Å². The highest BCUT2D eigenvalue weighted by atomic mass is 28.4. The highest BCUT2D eigenvalue weighted by Crippen LogP contribution is 2.38. The number of carbonyl (C=O) groups excluding carboxylic acids is 1. The summed E-state index contributed by atoms with van der Waals surface area (Å²) in [6, 6.07) is 21.4. The molecule has 2 aromatic rings. The Labute approximate surface area is 194 Å². The van der Waals surface area contributed by atoms with Crippen LogP contribution < -0.4 is 10.4 Å². The molecule has 3 atom stereocenters. The zero-order valence-electron chi connectivity index (χ0n) is 20.3. The Hall–Kier alpha value is -1.79. The summed E-state index contributed by atoms with van der Waals surface area (Å²) in [5.74, 6) is -0.701. The molecule has 1 heterocycles. The first-order valence-corrected chi connectivity index (χ1v) is 13.6. The Morgan fingerprint density at radius 2 is 1.53 bits per heavy atom. The molecule has 0 N–H and O–H groups in total. The summed E-state index contributed by atoms with van der Waals surface area (Å²) < 4.78 is 18.8. The Balaban J connectivity index is 1.79. The molecule has 32 heavy (non-hydrogen) atoms. The van der Waals surface area contributed by atoms with Gasteiger partial charge in [-0.15, -0.1) is 0 Å². The molecule has 5 heteroatoms. The van der Waals surface area contributed by atoms with E-state index in [-0.39, 0.29) is 17.2 Å². The summed E-state index contributed by atoms with van der Waals surface area (Å²) in [5.41, 5.74) is 0. The summed E-state index contributed by atoms with van der Waals surface area (Å²) in [4.78, 5) is 11.4. The molecule has 0 unspecified atom stereocenters. The van der Waals surface area contributed by atoms with Crippen molar-refractivity contribution in [2.75, 3.05) is 0 Å². The van der Waals surface area contributed by atoms with Crippen LogP contribution in [0.25, 0.3) is 0 Å². The molecule has 0 aromatic heterocycles. The van der Waals surface area contributed by atoms with Crippen molar-refractivity contribution in [3.63, 3.8) is 0 Å². The Bertz CT molecular complexity index is 821. The lowest BCUT2D eigenvalue weighted by atomic mass is 10.1. The molecule has 1 aliphatic heterocycles. The van der Waals surface area contributed by atoms with Crippen LogP contribution in [-0.4, -0.2) is 38.7 Å². The average molecular weight is 455 g/mol. The van der Waals surface area contributed by atoms with Crippen molar-refractivity contribution >= 4 is 25.0 Å². The highest BCUT2D eigenvalue weighted by molar-refractivity contribution is 6.99. The molecule has 0 aliphatic carbocycles. The second-order valence-corrected chi connectivity index (χ2v) is 14.6. The van der Waals surface area contributed by atoms with E-state index >= 15 is 0 Å². The number of hydrogen-bond acceptors (Lipinski definition) is 4. The lowest BCUT2D eigenvalue weighted by molar-refractivity contribution is -0.150. The third-order valence-electron chi connectivity index (χ3n) is 6.25. The van der Waals surface area contributed by atoms with Gasteiger partial charge in [0.1, 0.15) is 6.10 Å². The van der Waals surface area contributed by atoms with Crippen molar-refractivity contribution in [1.29, 1.82) is 0 Å². The van der Waals surface area contributed by atoms with Crippen molar-refractivity contribution in [2.45, 2.75) is 89.9 Å². The first kappa shape index (κ1) is 24.8. The summed E-state index contributed by atoms with van der Waals surface area (Å²) in [7, 11) is -2.55. The Morgan fingerprint density at radius 1 is 1.00 bits per heavy atom. The van der Waals surface area contributed by atoms with Gasteiger partial charge < -0.3 is 18.7 Å². The molecular formula is C27H38O4Si. The van der Waals surface area contributed by atoms with E-state index in [1.807, 2.05) is 13.8 Å². The van der Waals surface area contributed by atoms with Crippen molar-refractivity contribution < 1.29 is 18.7 Å². The van der Waals surface area contributed by atoms with Gasteiger partial charge in [-0.1, -0.05) is 81.4 Å². The number of benzene rings is 2. The second kappa shape index (κ2) is 10.00. The third-order valence-corrected chi connectivity index (χ3v) is 11.4. The second-order valence-electron chi connectivity index (χ2n) is 10.3. The highest BCUT2D eigenvalue weighted by Gasteiger charge is 2.51. The maximum Gasteiger partial charge on any atom is 0.261 e. The minimum absolute atomic E-state index is 0.0427. The van der Waals surface area contributed by atoms with Crippen molar-refractivity contribution in [2.24, 2.45) is 0 Å². The van der Waals surface area contributed by atoms with Gasteiger partial charge >= 0.3 is 0 Å². The number of hydrogen-bond donors (Lipinski definition) is 0. The molecule has 0 amide bonds. The molecule has 2 aromatic carbocycles. The van der Waals surface area contributed by atoms with Crippen molar-refractivity contribution in [1.82, 2.24) is 0 Å². The normalized spacial score (nSPS) is 21.9. The SMILES string of the molecule is C[C@H](CCC[C@H]1OC(C)(C)O[C@@H]1C=O)O[Si](c1ccccc1)(c1ccccc1)C(C)(C)C. The van der Waals surface area contributed by atoms with Gasteiger partial charge in [0.25, 0.3) is 8.32 Å². The van der Waals surface area contributed by atoms with Gasteiger partial charge in [-0.3, -0.25) is 0 Å². The zero-order chi connectivity index (χ0) is 23.4. The fourth-order valence-corrected chi connectivity index (χ4v) is 9.60. The molecule has 1 fully saturated rings. The lowest BCUT2D eigenvalue weighted by Gasteiger charge is -2.44. The van der Waals surface area contributed by atoms with E-state index in [1.54, 1.807) is 0 Å². The lowest BCUT2D eigenvalue weighted by Crippen LogP contribution is -2.67. The third kappa shape index (κ3) is 5.40. The standard InChI is InChI=1S/C27H38O4Si/c1-21(14-13-19-24-25(20-28)30-27(5,6)29-24)31-32(26(2,3)4,22-15-9-7-10-16-22)23-17-11-8-12-18-23/h7-12,15-18,20-21,24-25H,13-14,19H2,1-6H3/t21-,24-,25-/m1/s1. The minimum atomic E-state index is -2.55. The molecule has 4 nitrogen and oxygen atoms in total. The van der Waals surface area contributed by atoms with Crippen LogP contribution in [0.3, 0.4) is 0 Å². The van der Waals surface area contributed by atoms with Crippen LogP contribution in [0.1, 0.15) is 60.8 Å². The molecule has 0 spiro atoms. The largest absolute Gasteiger partial charge is 0.405 e. The average Bonchev–Trinajstić information content (AvgIpc) is 3.06. The quantitative estimate of drug-likeness (QED) is 0.402. The van der Waals surface area contributed by atoms with E-state index in [0.29, 0.717) is 0 Å². The van der Waals surface area contributed by atoms with Gasteiger partial charge in [-0.05, 0) is 55.4 Å². The van der Waals surface area contributed by atoms with Gasteiger partial charge in [-0.2, -0.15) is 0 Å². The molecule has 0 saturated carbocycles. The van der Waals surface area contributed by atoms with Gasteiger partial charge in [0, 0.05) is 6.10 Å². The summed E-state index contributed by atoms with van der Waals surface area (Å²) >= 11 is 0. The first-order chi connectivity index (χ1) is 15.1. The van der Waals surface area contributed by atoms with Crippen molar-refractivity contribution in [3.05, 3.63) is 60.7 Å². The summed E-state index contributed by atoms with van der Waals surface area (Å²) in [5, 5.41) is 2.54. The zero-order valence-corrected chi connectivity index (χ0v) is 21.3. The number of ether oxygens (including phenoxy) is 2. The van der Waals surface area contributed by atoms with E-state index < -0.39 is 20.2 Å². The van der Waals surface area contributed by atoms with Crippen LogP contribution in [0, 0.1) is 0 Å². The predicted molar refractivity (Wildman–Crippen MR) is 132 cm³/mol. The van der Waals surface area contributed by atoms with Crippen LogP contribution >= 0.6 is 0 Å². The van der Waals surface area contributed by atoms with Gasteiger partial charge in [0.15, 0.2) is 12.1 Å². The molecule has 0 bridgehead atoms. The van der Waals surface area contributed by atoms with Crippen LogP contribution in [-0.2, 0) is 18.7 Å². The fourth-order valence-electron chi connectivity index (χ4n) is 4.86. The van der Waals surface area contributed by atoms with Crippen LogP contribution in [0.15, 0.2) is 60.7 Å². The summed E-state index contributed by atoms with van der Waals surface area (Å²) in [6.45, 7) is 12.8. The molecule has 3 rings (SSSR count). The Morgan fingerprint density at radius 3 is 2.00 bits per heavy atom. The van der Waals surface area contributed by atoms with Crippen LogP contribution in [0.4, 0.5) is 0 Å². The topological polar surface area (TPSA) is 44.8 Å². The van der Waals surface area contributed by atoms with E-state index in [4.69, 9.17) is 13.9 Å². The fraction of sp³-hybridized carbons (Fsp3) is 0.519. The monoisotopic (exact) mass is 454 g/mol. The van der Waals surface area contributed by atoms with E-state index in [0.717, 1.165) is 25.5 Å².